The highest BCUT2D eigenvalue weighted by molar-refractivity contribution is 7.52. The van der Waals surface area contributed by atoms with Crippen molar-refractivity contribution in [2.45, 2.75) is 18.6 Å². The third-order valence-electron chi connectivity index (χ3n) is 3.29. The summed E-state index contributed by atoms with van der Waals surface area (Å²) in [6.45, 7) is 0. The number of nitrogens with one attached hydrogen (secondary N) is 1. The molecule has 0 saturated carbocycles. The summed E-state index contributed by atoms with van der Waals surface area (Å²) in [7, 11) is -4.42. The van der Waals surface area contributed by atoms with Gasteiger partial charge in [0, 0.05) is 5.56 Å². The van der Waals surface area contributed by atoms with Crippen LogP contribution in [0.15, 0.2) is 60.7 Å². The number of carbonyl (C=O) groups is 1. The van der Waals surface area contributed by atoms with E-state index in [4.69, 9.17) is 0 Å². The predicted molar refractivity (Wildman–Crippen MR) is 84.5 cm³/mol. The first-order chi connectivity index (χ1) is 10.5. The highest BCUT2D eigenvalue weighted by Gasteiger charge is 2.30. The number of aryl methyl sites for hydroxylation is 1. The van der Waals surface area contributed by atoms with Crippen LogP contribution in [0.25, 0.3) is 0 Å². The molecule has 0 heterocycles. The standard InChI is InChI=1S/C16H18NO4P/c18-16(14-9-5-2-6-10-14)17-15(22(19,20)21)12-11-13-7-3-1-4-8-13/h1-10,15H,11-12H2,(H,17,18)(H2,19,20,21). The Labute approximate surface area is 129 Å². The minimum Gasteiger partial charge on any atom is -0.338 e. The van der Waals surface area contributed by atoms with E-state index < -0.39 is 19.3 Å². The van der Waals surface area contributed by atoms with Gasteiger partial charge in [0.25, 0.3) is 5.91 Å². The third-order valence-corrected chi connectivity index (χ3v) is 4.49. The highest BCUT2D eigenvalue weighted by Crippen LogP contribution is 2.41. The molecule has 2 aromatic carbocycles. The number of benzene rings is 2. The second-order valence-corrected chi connectivity index (χ2v) is 6.77. The molecule has 116 valence electrons. The van der Waals surface area contributed by atoms with Crippen LogP contribution < -0.4 is 5.32 Å². The van der Waals surface area contributed by atoms with Gasteiger partial charge in [-0.2, -0.15) is 0 Å². The first-order valence-corrected chi connectivity index (χ1v) is 8.60. The lowest BCUT2D eigenvalue weighted by Gasteiger charge is -2.20. The molecule has 0 fully saturated rings. The second kappa shape index (κ2) is 7.36. The average molecular weight is 319 g/mol. The van der Waals surface area contributed by atoms with E-state index in [1.165, 1.54) is 0 Å². The van der Waals surface area contributed by atoms with Gasteiger partial charge in [0.2, 0.25) is 0 Å². The Hall–Kier alpha value is -1.94. The fourth-order valence-corrected chi connectivity index (χ4v) is 2.85. The summed E-state index contributed by atoms with van der Waals surface area (Å²) in [6.07, 6.45) is 0.651. The molecule has 1 unspecified atom stereocenters. The average Bonchev–Trinajstić information content (AvgIpc) is 2.52. The quantitative estimate of drug-likeness (QED) is 0.714. The van der Waals surface area contributed by atoms with Gasteiger partial charge in [-0.25, -0.2) is 0 Å². The van der Waals surface area contributed by atoms with E-state index in [9.17, 15) is 19.1 Å². The van der Waals surface area contributed by atoms with Gasteiger partial charge in [-0.15, -0.1) is 0 Å². The normalized spacial score (nSPS) is 12.6. The molecule has 0 aromatic heterocycles. The van der Waals surface area contributed by atoms with Crippen LogP contribution in [0.4, 0.5) is 0 Å². The molecule has 22 heavy (non-hydrogen) atoms. The summed E-state index contributed by atoms with van der Waals surface area (Å²) in [6, 6.07) is 17.7. The Morgan fingerprint density at radius 2 is 1.55 bits per heavy atom. The SMILES string of the molecule is O=C(NC(CCc1ccccc1)P(=O)(O)O)c1ccccc1. The van der Waals surface area contributed by atoms with Gasteiger partial charge >= 0.3 is 7.60 Å². The van der Waals surface area contributed by atoms with Crippen molar-refractivity contribution in [3.8, 4) is 0 Å². The van der Waals surface area contributed by atoms with Gasteiger partial charge in [-0.1, -0.05) is 48.5 Å². The zero-order chi connectivity index (χ0) is 16.0. The van der Waals surface area contributed by atoms with Gasteiger partial charge in [0.15, 0.2) is 0 Å². The van der Waals surface area contributed by atoms with Gasteiger partial charge < -0.3 is 15.1 Å². The molecule has 0 radical (unpaired) electrons. The summed E-state index contributed by atoms with van der Waals surface area (Å²) >= 11 is 0. The van der Waals surface area contributed by atoms with E-state index in [1.54, 1.807) is 30.3 Å². The van der Waals surface area contributed by atoms with Gasteiger partial charge in [-0.3, -0.25) is 9.36 Å². The highest BCUT2D eigenvalue weighted by atomic mass is 31.2. The monoisotopic (exact) mass is 319 g/mol. The summed E-state index contributed by atoms with van der Waals surface area (Å²) in [5.41, 5.74) is 1.34. The fraction of sp³-hybridized carbons (Fsp3) is 0.188. The van der Waals surface area contributed by atoms with E-state index in [2.05, 4.69) is 5.32 Å². The first-order valence-electron chi connectivity index (χ1n) is 6.92. The molecule has 0 saturated heterocycles. The van der Waals surface area contributed by atoms with Crippen LogP contribution in [0.1, 0.15) is 22.3 Å². The Kier molecular flexibility index (Phi) is 5.50. The van der Waals surface area contributed by atoms with E-state index in [0.717, 1.165) is 5.56 Å². The Balaban J connectivity index is 2.04. The van der Waals surface area contributed by atoms with Crippen molar-refractivity contribution in [2.24, 2.45) is 0 Å². The zero-order valence-electron chi connectivity index (χ0n) is 11.9. The molecule has 0 aliphatic rings. The molecule has 3 N–H and O–H groups in total. The lowest BCUT2D eigenvalue weighted by molar-refractivity contribution is 0.0941. The maximum absolute atomic E-state index is 12.1. The Morgan fingerprint density at radius 3 is 2.09 bits per heavy atom. The fourth-order valence-electron chi connectivity index (χ4n) is 2.10. The molecule has 1 atom stereocenters. The van der Waals surface area contributed by atoms with Crippen LogP contribution in [-0.4, -0.2) is 21.5 Å². The van der Waals surface area contributed by atoms with Crippen LogP contribution in [0.5, 0.6) is 0 Å². The molecule has 0 aliphatic carbocycles. The smallest absolute Gasteiger partial charge is 0.338 e. The van der Waals surface area contributed by atoms with Crippen molar-refractivity contribution >= 4 is 13.5 Å². The third kappa shape index (κ3) is 4.81. The lowest BCUT2D eigenvalue weighted by atomic mass is 10.1. The van der Waals surface area contributed by atoms with E-state index in [1.807, 2.05) is 30.3 Å². The summed E-state index contributed by atoms with van der Waals surface area (Å²) in [5.74, 6) is -1.68. The molecule has 2 rings (SSSR count). The number of carbonyl (C=O) groups excluding carboxylic acids is 1. The summed E-state index contributed by atoms with van der Waals surface area (Å²) in [5, 5.41) is 2.44. The largest absolute Gasteiger partial charge is 0.347 e. The van der Waals surface area contributed by atoms with Crippen molar-refractivity contribution in [1.29, 1.82) is 0 Å². The van der Waals surface area contributed by atoms with E-state index >= 15 is 0 Å². The molecule has 0 aliphatic heterocycles. The van der Waals surface area contributed by atoms with E-state index in [-0.39, 0.29) is 6.42 Å². The zero-order valence-corrected chi connectivity index (χ0v) is 12.8. The van der Waals surface area contributed by atoms with Crippen molar-refractivity contribution in [3.63, 3.8) is 0 Å². The minimum atomic E-state index is -4.42. The van der Waals surface area contributed by atoms with E-state index in [0.29, 0.717) is 12.0 Å². The summed E-state index contributed by atoms with van der Waals surface area (Å²) < 4.78 is 11.6. The minimum absolute atomic E-state index is 0.173. The second-order valence-electron chi connectivity index (χ2n) is 4.97. The number of hydrogen-bond donors (Lipinski definition) is 3. The lowest BCUT2D eigenvalue weighted by Crippen LogP contribution is -2.35. The van der Waals surface area contributed by atoms with Crippen molar-refractivity contribution in [3.05, 3.63) is 71.8 Å². The number of rotatable bonds is 6. The molecule has 0 bridgehead atoms. The number of amides is 1. The van der Waals surface area contributed by atoms with Crippen LogP contribution in [0.2, 0.25) is 0 Å². The van der Waals surface area contributed by atoms with Crippen LogP contribution in [0.3, 0.4) is 0 Å². The van der Waals surface area contributed by atoms with Gasteiger partial charge in [0.05, 0.1) is 0 Å². The molecule has 0 spiro atoms. The summed E-state index contributed by atoms with van der Waals surface area (Å²) in [4.78, 5) is 31.0. The molecular weight excluding hydrogens is 301 g/mol. The topological polar surface area (TPSA) is 86.6 Å². The number of hydrogen-bond acceptors (Lipinski definition) is 2. The Bertz CT molecular complexity index is 654. The van der Waals surface area contributed by atoms with Crippen molar-refractivity contribution < 1.29 is 19.1 Å². The van der Waals surface area contributed by atoms with Crippen LogP contribution >= 0.6 is 7.60 Å². The predicted octanol–water partition coefficient (Wildman–Crippen LogP) is 2.55. The molecule has 2 aromatic rings. The maximum Gasteiger partial charge on any atom is 0.347 e. The van der Waals surface area contributed by atoms with Crippen LogP contribution in [-0.2, 0) is 11.0 Å². The Morgan fingerprint density at radius 1 is 1.00 bits per heavy atom. The molecule has 1 amide bonds. The molecular formula is C16H18NO4P. The van der Waals surface area contributed by atoms with Gasteiger partial charge in [0.1, 0.15) is 5.78 Å². The molecule has 5 nitrogen and oxygen atoms in total. The van der Waals surface area contributed by atoms with Gasteiger partial charge in [-0.05, 0) is 30.5 Å². The van der Waals surface area contributed by atoms with Crippen LogP contribution in [0, 0.1) is 0 Å². The maximum atomic E-state index is 12.1. The first kappa shape index (κ1) is 16.4. The van der Waals surface area contributed by atoms with Crippen molar-refractivity contribution in [2.75, 3.05) is 0 Å². The van der Waals surface area contributed by atoms with Crippen molar-refractivity contribution in [1.82, 2.24) is 5.32 Å². The molecule has 6 heteroatoms.